The van der Waals surface area contributed by atoms with Gasteiger partial charge in [0.1, 0.15) is 5.75 Å². The number of rotatable bonds is 2. The molecule has 0 bridgehead atoms. The van der Waals surface area contributed by atoms with Gasteiger partial charge in [0.15, 0.2) is 0 Å². The number of hydrogen-bond acceptors (Lipinski definition) is 1. The molecule has 1 heterocycles. The number of halogens is 1. The molecule has 0 atom stereocenters. The second-order valence-corrected chi connectivity index (χ2v) is 7.44. The highest BCUT2D eigenvalue weighted by atomic mass is 79.9. The van der Waals surface area contributed by atoms with E-state index in [0.29, 0.717) is 0 Å². The molecule has 0 aliphatic rings. The third-order valence-electron chi connectivity index (χ3n) is 3.93. The second-order valence-electron chi connectivity index (χ2n) is 6.59. The fourth-order valence-electron chi connectivity index (χ4n) is 2.60. The predicted molar refractivity (Wildman–Crippen MR) is 96.7 cm³/mol. The molecule has 0 aliphatic heterocycles. The van der Waals surface area contributed by atoms with Crippen molar-refractivity contribution in [2.24, 2.45) is 0 Å². The van der Waals surface area contributed by atoms with Gasteiger partial charge in [0, 0.05) is 15.6 Å². The maximum atomic E-state index is 5.34. The Morgan fingerprint density at radius 2 is 1.82 bits per heavy atom. The molecular formula is C19H20BrNO. The van der Waals surface area contributed by atoms with Gasteiger partial charge < -0.3 is 9.72 Å². The number of hydrogen-bond donors (Lipinski definition) is 1. The van der Waals surface area contributed by atoms with Crippen LogP contribution in [0.5, 0.6) is 5.75 Å². The Balaban J connectivity index is 2.13. The molecule has 0 aliphatic carbocycles. The van der Waals surface area contributed by atoms with Crippen molar-refractivity contribution in [2.45, 2.75) is 26.2 Å². The summed E-state index contributed by atoms with van der Waals surface area (Å²) in [5.41, 5.74) is 4.90. The lowest BCUT2D eigenvalue weighted by Crippen LogP contribution is -2.10. The van der Waals surface area contributed by atoms with Crippen molar-refractivity contribution < 1.29 is 4.74 Å². The van der Waals surface area contributed by atoms with Crippen LogP contribution in [0, 0.1) is 0 Å². The largest absolute Gasteiger partial charge is 0.497 e. The van der Waals surface area contributed by atoms with Gasteiger partial charge in [-0.05, 0) is 56.7 Å². The minimum absolute atomic E-state index is 0.145. The molecule has 3 heteroatoms. The molecule has 0 radical (unpaired) electrons. The summed E-state index contributed by atoms with van der Waals surface area (Å²) in [4.78, 5) is 3.51. The fourth-order valence-corrected chi connectivity index (χ4v) is 3.15. The van der Waals surface area contributed by atoms with Gasteiger partial charge >= 0.3 is 0 Å². The zero-order valence-corrected chi connectivity index (χ0v) is 14.9. The van der Waals surface area contributed by atoms with Crippen molar-refractivity contribution >= 4 is 26.8 Å². The molecule has 3 rings (SSSR count). The standard InChI is InChI=1S/C19H20BrNO/c1-19(2,3)14-7-5-6-12(8-14)17-10-13-9-15(22-4)11-16(20)18(13)21-17/h5-11,21H,1-4H3. The van der Waals surface area contributed by atoms with Crippen LogP contribution < -0.4 is 4.74 Å². The topological polar surface area (TPSA) is 25.0 Å². The summed E-state index contributed by atoms with van der Waals surface area (Å²) in [7, 11) is 1.69. The molecule has 3 aromatic rings. The summed E-state index contributed by atoms with van der Waals surface area (Å²) in [6.45, 7) is 6.70. The first-order valence-corrected chi connectivity index (χ1v) is 8.15. The van der Waals surface area contributed by atoms with Crippen LogP contribution >= 0.6 is 15.9 Å². The molecular weight excluding hydrogens is 338 g/mol. The summed E-state index contributed by atoms with van der Waals surface area (Å²) in [5, 5.41) is 1.14. The molecule has 0 saturated carbocycles. The predicted octanol–water partition coefficient (Wildman–Crippen LogP) is 5.90. The highest BCUT2D eigenvalue weighted by Gasteiger charge is 2.15. The molecule has 0 amide bonds. The lowest BCUT2D eigenvalue weighted by Gasteiger charge is -2.19. The number of aromatic amines is 1. The molecule has 2 aromatic carbocycles. The van der Waals surface area contributed by atoms with E-state index in [-0.39, 0.29) is 5.41 Å². The minimum atomic E-state index is 0.145. The Morgan fingerprint density at radius 1 is 1.05 bits per heavy atom. The number of benzene rings is 2. The van der Waals surface area contributed by atoms with E-state index in [1.807, 2.05) is 12.1 Å². The molecule has 1 aromatic heterocycles. The molecule has 0 saturated heterocycles. The Hall–Kier alpha value is -1.74. The lowest BCUT2D eigenvalue weighted by molar-refractivity contribution is 0.415. The maximum Gasteiger partial charge on any atom is 0.120 e. The first kappa shape index (κ1) is 15.2. The summed E-state index contributed by atoms with van der Waals surface area (Å²) in [5.74, 6) is 0.855. The number of methoxy groups -OCH3 is 1. The van der Waals surface area contributed by atoms with E-state index < -0.39 is 0 Å². The monoisotopic (exact) mass is 357 g/mol. The summed E-state index contributed by atoms with van der Waals surface area (Å²) < 4.78 is 6.35. The Kier molecular flexibility index (Phi) is 3.77. The molecule has 0 fully saturated rings. The Morgan fingerprint density at radius 3 is 2.50 bits per heavy atom. The van der Waals surface area contributed by atoms with Gasteiger partial charge in [0.2, 0.25) is 0 Å². The van der Waals surface area contributed by atoms with Crippen LogP contribution in [0.3, 0.4) is 0 Å². The number of fused-ring (bicyclic) bond motifs is 1. The minimum Gasteiger partial charge on any atom is -0.497 e. The van der Waals surface area contributed by atoms with E-state index in [4.69, 9.17) is 4.74 Å². The second kappa shape index (κ2) is 5.47. The first-order valence-electron chi connectivity index (χ1n) is 7.35. The normalized spacial score (nSPS) is 11.9. The van der Waals surface area contributed by atoms with E-state index in [0.717, 1.165) is 26.8 Å². The summed E-state index contributed by atoms with van der Waals surface area (Å²) in [6.07, 6.45) is 0. The van der Waals surface area contributed by atoms with Crippen LogP contribution in [0.25, 0.3) is 22.2 Å². The SMILES string of the molecule is COc1cc(Br)c2[nH]c(-c3cccc(C(C)(C)C)c3)cc2c1. The van der Waals surface area contributed by atoms with Gasteiger partial charge in [-0.3, -0.25) is 0 Å². The highest BCUT2D eigenvalue weighted by Crippen LogP contribution is 2.34. The highest BCUT2D eigenvalue weighted by molar-refractivity contribution is 9.10. The third-order valence-corrected chi connectivity index (χ3v) is 4.55. The smallest absolute Gasteiger partial charge is 0.120 e. The van der Waals surface area contributed by atoms with Gasteiger partial charge in [0.25, 0.3) is 0 Å². The average molecular weight is 358 g/mol. The van der Waals surface area contributed by atoms with Gasteiger partial charge in [-0.25, -0.2) is 0 Å². The van der Waals surface area contributed by atoms with Crippen LogP contribution in [0.1, 0.15) is 26.3 Å². The van der Waals surface area contributed by atoms with E-state index in [1.54, 1.807) is 7.11 Å². The fraction of sp³-hybridized carbons (Fsp3) is 0.263. The molecule has 1 N–H and O–H groups in total. The van der Waals surface area contributed by atoms with Gasteiger partial charge in [0.05, 0.1) is 12.6 Å². The van der Waals surface area contributed by atoms with E-state index >= 15 is 0 Å². The van der Waals surface area contributed by atoms with Gasteiger partial charge in [-0.2, -0.15) is 0 Å². The zero-order chi connectivity index (χ0) is 15.9. The zero-order valence-electron chi connectivity index (χ0n) is 13.3. The van der Waals surface area contributed by atoms with Gasteiger partial charge in [-0.15, -0.1) is 0 Å². The van der Waals surface area contributed by atoms with E-state index in [1.165, 1.54) is 11.1 Å². The van der Waals surface area contributed by atoms with E-state index in [9.17, 15) is 0 Å². The first-order chi connectivity index (χ1) is 10.4. The third kappa shape index (κ3) is 2.78. The molecule has 22 heavy (non-hydrogen) atoms. The van der Waals surface area contributed by atoms with Crippen LogP contribution in [0.4, 0.5) is 0 Å². The van der Waals surface area contributed by atoms with Crippen molar-refractivity contribution in [2.75, 3.05) is 7.11 Å². The molecule has 114 valence electrons. The van der Waals surface area contributed by atoms with Crippen molar-refractivity contribution in [1.29, 1.82) is 0 Å². The van der Waals surface area contributed by atoms with Gasteiger partial charge in [-0.1, -0.05) is 39.0 Å². The number of H-pyrrole nitrogens is 1. The summed E-state index contributed by atoms with van der Waals surface area (Å²) >= 11 is 3.61. The van der Waals surface area contributed by atoms with Crippen LogP contribution in [-0.4, -0.2) is 12.1 Å². The number of ether oxygens (including phenoxy) is 1. The van der Waals surface area contributed by atoms with Crippen molar-refractivity contribution in [3.63, 3.8) is 0 Å². The average Bonchev–Trinajstić information content (AvgIpc) is 2.91. The molecule has 0 unspecified atom stereocenters. The molecule has 2 nitrogen and oxygen atoms in total. The number of aromatic nitrogens is 1. The Bertz CT molecular complexity index is 827. The van der Waals surface area contributed by atoms with Crippen LogP contribution in [-0.2, 0) is 5.41 Å². The maximum absolute atomic E-state index is 5.34. The van der Waals surface area contributed by atoms with Crippen LogP contribution in [0.15, 0.2) is 46.9 Å². The lowest BCUT2D eigenvalue weighted by atomic mass is 9.86. The van der Waals surface area contributed by atoms with Crippen molar-refractivity contribution in [1.82, 2.24) is 4.98 Å². The Labute approximate surface area is 139 Å². The number of nitrogens with one attached hydrogen (secondary N) is 1. The van der Waals surface area contributed by atoms with Crippen LogP contribution in [0.2, 0.25) is 0 Å². The van der Waals surface area contributed by atoms with E-state index in [2.05, 4.69) is 72.0 Å². The van der Waals surface area contributed by atoms with Crippen molar-refractivity contribution in [3.05, 3.63) is 52.5 Å². The van der Waals surface area contributed by atoms with Crippen molar-refractivity contribution in [3.8, 4) is 17.0 Å². The summed E-state index contributed by atoms with van der Waals surface area (Å²) in [6, 6.07) is 14.9. The quantitative estimate of drug-likeness (QED) is 0.606. The molecule has 0 spiro atoms.